The van der Waals surface area contributed by atoms with Crippen LogP contribution in [0.25, 0.3) is 11.0 Å². The van der Waals surface area contributed by atoms with Gasteiger partial charge in [-0.05, 0) is 52.3 Å². The summed E-state index contributed by atoms with van der Waals surface area (Å²) in [5, 5.41) is 3.35. The lowest BCUT2D eigenvalue weighted by atomic mass is 10.2. The summed E-state index contributed by atoms with van der Waals surface area (Å²) in [5.74, 6) is 0. The van der Waals surface area contributed by atoms with E-state index in [0.29, 0.717) is 0 Å². The van der Waals surface area contributed by atoms with Gasteiger partial charge in [-0.1, -0.05) is 15.9 Å². The van der Waals surface area contributed by atoms with Crippen LogP contribution in [0.15, 0.2) is 57.7 Å². The first-order valence-corrected chi connectivity index (χ1v) is 7.24. The van der Waals surface area contributed by atoms with Gasteiger partial charge in [-0.2, -0.15) is 0 Å². The van der Waals surface area contributed by atoms with Gasteiger partial charge in [0.25, 0.3) is 0 Å². The van der Waals surface area contributed by atoms with Crippen LogP contribution >= 0.6 is 31.9 Å². The third-order valence-electron chi connectivity index (χ3n) is 2.67. The summed E-state index contributed by atoms with van der Waals surface area (Å²) in [6.45, 7) is 0. The van der Waals surface area contributed by atoms with Crippen molar-refractivity contribution in [2.45, 2.75) is 0 Å². The number of fused-ring (bicyclic) bond motifs is 1. The van der Waals surface area contributed by atoms with Gasteiger partial charge in [0, 0.05) is 27.0 Å². The molecule has 0 saturated heterocycles. The number of benzene rings is 1. The fourth-order valence-electron chi connectivity index (χ4n) is 1.80. The van der Waals surface area contributed by atoms with E-state index in [9.17, 15) is 0 Å². The summed E-state index contributed by atoms with van der Waals surface area (Å²) in [5.41, 5.74) is 3.67. The van der Waals surface area contributed by atoms with E-state index >= 15 is 0 Å². The molecule has 19 heavy (non-hydrogen) atoms. The lowest BCUT2D eigenvalue weighted by molar-refractivity contribution is 1.32. The summed E-state index contributed by atoms with van der Waals surface area (Å²) in [6.07, 6.45) is 3.55. The average molecular weight is 379 g/mol. The van der Waals surface area contributed by atoms with Gasteiger partial charge in [-0.3, -0.25) is 9.97 Å². The summed E-state index contributed by atoms with van der Waals surface area (Å²) in [6, 6.07) is 11.9. The van der Waals surface area contributed by atoms with E-state index in [4.69, 9.17) is 0 Å². The van der Waals surface area contributed by atoms with Gasteiger partial charge in [0.15, 0.2) is 0 Å². The third kappa shape index (κ3) is 2.77. The highest BCUT2D eigenvalue weighted by Gasteiger charge is 2.04. The maximum absolute atomic E-state index is 4.41. The van der Waals surface area contributed by atoms with E-state index in [1.807, 2.05) is 36.4 Å². The van der Waals surface area contributed by atoms with Crippen LogP contribution in [-0.2, 0) is 0 Å². The van der Waals surface area contributed by atoms with Gasteiger partial charge in [0.2, 0.25) is 0 Å². The van der Waals surface area contributed by atoms with Crippen molar-refractivity contribution in [2.75, 3.05) is 5.32 Å². The number of aromatic nitrogens is 2. The first kappa shape index (κ1) is 12.6. The number of halogens is 2. The van der Waals surface area contributed by atoms with Crippen LogP contribution in [0, 0.1) is 0 Å². The third-order valence-corrected chi connectivity index (χ3v) is 3.63. The second kappa shape index (κ2) is 5.27. The molecular formula is C14H9Br2N3. The highest BCUT2D eigenvalue weighted by Crippen LogP contribution is 2.25. The molecule has 1 N–H and O–H groups in total. The maximum Gasteiger partial charge on any atom is 0.112 e. The topological polar surface area (TPSA) is 37.8 Å². The van der Waals surface area contributed by atoms with Crippen LogP contribution in [0.2, 0.25) is 0 Å². The summed E-state index contributed by atoms with van der Waals surface area (Å²) < 4.78 is 1.98. The molecule has 0 bridgehead atoms. The molecule has 0 fully saturated rings. The molecule has 1 aromatic carbocycles. The van der Waals surface area contributed by atoms with E-state index in [1.54, 1.807) is 12.4 Å². The molecule has 0 radical (unpaired) electrons. The number of hydrogen-bond donors (Lipinski definition) is 1. The van der Waals surface area contributed by atoms with E-state index < -0.39 is 0 Å². The van der Waals surface area contributed by atoms with Crippen molar-refractivity contribution in [1.82, 2.24) is 9.97 Å². The molecule has 0 unspecified atom stereocenters. The van der Waals surface area contributed by atoms with Gasteiger partial charge in [0.05, 0.1) is 11.2 Å². The predicted octanol–water partition coefficient (Wildman–Crippen LogP) is 4.90. The van der Waals surface area contributed by atoms with E-state index in [-0.39, 0.29) is 0 Å². The molecule has 0 spiro atoms. The van der Waals surface area contributed by atoms with Crippen LogP contribution in [0.3, 0.4) is 0 Å². The molecule has 2 heterocycles. The highest BCUT2D eigenvalue weighted by atomic mass is 79.9. The fraction of sp³-hybridized carbons (Fsp3) is 0. The molecule has 0 amide bonds. The van der Waals surface area contributed by atoms with Crippen LogP contribution in [0.5, 0.6) is 0 Å². The molecule has 94 valence electrons. The van der Waals surface area contributed by atoms with Crippen molar-refractivity contribution in [2.24, 2.45) is 0 Å². The van der Waals surface area contributed by atoms with Crippen LogP contribution < -0.4 is 5.32 Å². The number of pyridine rings is 2. The Kier molecular flexibility index (Phi) is 3.48. The summed E-state index contributed by atoms with van der Waals surface area (Å²) in [4.78, 5) is 8.73. The van der Waals surface area contributed by atoms with E-state index in [1.165, 1.54) is 0 Å². The lowest BCUT2D eigenvalue weighted by Crippen LogP contribution is -1.94. The standard InChI is InChI=1S/C14H9Br2N3/c15-9-1-3-11(4-2-9)19-12-5-6-17-13-7-10(16)8-18-14(12)13/h1-8H,(H,17,19). The monoisotopic (exact) mass is 377 g/mol. The minimum Gasteiger partial charge on any atom is -0.354 e. The number of rotatable bonds is 2. The van der Waals surface area contributed by atoms with Crippen molar-refractivity contribution >= 4 is 54.3 Å². The zero-order valence-electron chi connectivity index (χ0n) is 9.77. The zero-order valence-corrected chi connectivity index (χ0v) is 12.9. The predicted molar refractivity (Wildman–Crippen MR) is 84.7 cm³/mol. The largest absolute Gasteiger partial charge is 0.354 e. The Morgan fingerprint density at radius 3 is 2.47 bits per heavy atom. The first-order valence-electron chi connectivity index (χ1n) is 5.65. The molecular weight excluding hydrogens is 370 g/mol. The van der Waals surface area contributed by atoms with Crippen molar-refractivity contribution < 1.29 is 0 Å². The van der Waals surface area contributed by atoms with Gasteiger partial charge < -0.3 is 5.32 Å². The molecule has 0 aliphatic rings. The zero-order chi connectivity index (χ0) is 13.2. The van der Waals surface area contributed by atoms with E-state index in [2.05, 4.69) is 47.1 Å². The maximum atomic E-state index is 4.41. The Morgan fingerprint density at radius 2 is 1.68 bits per heavy atom. The lowest BCUT2D eigenvalue weighted by Gasteiger charge is -2.08. The fourth-order valence-corrected chi connectivity index (χ4v) is 2.38. The molecule has 5 heteroatoms. The summed E-state index contributed by atoms with van der Waals surface area (Å²) in [7, 11) is 0. The van der Waals surface area contributed by atoms with Gasteiger partial charge in [-0.25, -0.2) is 0 Å². The molecule has 0 aliphatic carbocycles. The van der Waals surface area contributed by atoms with Crippen LogP contribution in [0.1, 0.15) is 0 Å². The number of nitrogens with zero attached hydrogens (tertiary/aromatic N) is 2. The van der Waals surface area contributed by atoms with Crippen LogP contribution in [0.4, 0.5) is 11.4 Å². The molecule has 0 saturated carbocycles. The van der Waals surface area contributed by atoms with Gasteiger partial charge >= 0.3 is 0 Å². The molecule has 3 rings (SSSR count). The van der Waals surface area contributed by atoms with E-state index in [0.717, 1.165) is 31.4 Å². The minimum atomic E-state index is 0.855. The van der Waals surface area contributed by atoms with Crippen molar-refractivity contribution in [3.63, 3.8) is 0 Å². The Bertz CT molecular complexity index is 726. The van der Waals surface area contributed by atoms with Crippen molar-refractivity contribution in [3.05, 3.63) is 57.7 Å². The highest BCUT2D eigenvalue weighted by molar-refractivity contribution is 9.10. The molecule has 2 aromatic heterocycles. The summed E-state index contributed by atoms with van der Waals surface area (Å²) >= 11 is 6.83. The quantitative estimate of drug-likeness (QED) is 0.689. The van der Waals surface area contributed by atoms with Gasteiger partial charge in [0.1, 0.15) is 5.52 Å². The number of nitrogens with one attached hydrogen (secondary N) is 1. The SMILES string of the molecule is Brc1ccc(Nc2ccnc3cc(Br)cnc23)cc1. The average Bonchev–Trinajstić information content (AvgIpc) is 2.41. The Balaban J connectivity index is 2.03. The molecule has 0 atom stereocenters. The molecule has 0 aliphatic heterocycles. The normalized spacial score (nSPS) is 10.6. The molecule has 3 nitrogen and oxygen atoms in total. The van der Waals surface area contributed by atoms with Crippen molar-refractivity contribution in [3.8, 4) is 0 Å². The second-order valence-electron chi connectivity index (χ2n) is 4.01. The Hall–Kier alpha value is -1.46. The number of hydrogen-bond acceptors (Lipinski definition) is 3. The second-order valence-corrected chi connectivity index (χ2v) is 5.84. The first-order chi connectivity index (χ1) is 9.22. The van der Waals surface area contributed by atoms with Gasteiger partial charge in [-0.15, -0.1) is 0 Å². The Morgan fingerprint density at radius 1 is 0.895 bits per heavy atom. The van der Waals surface area contributed by atoms with Crippen LogP contribution in [-0.4, -0.2) is 9.97 Å². The smallest absolute Gasteiger partial charge is 0.112 e. The Labute approximate surface area is 127 Å². The number of anilines is 2. The minimum absolute atomic E-state index is 0.855. The molecule has 3 aromatic rings. The van der Waals surface area contributed by atoms with Crippen molar-refractivity contribution in [1.29, 1.82) is 0 Å².